The molecule has 0 spiro atoms. The van der Waals surface area contributed by atoms with Crippen molar-refractivity contribution in [3.05, 3.63) is 112 Å². The van der Waals surface area contributed by atoms with E-state index in [1.165, 1.54) is 17.0 Å². The van der Waals surface area contributed by atoms with Crippen LogP contribution in [0.25, 0.3) is 5.76 Å². The summed E-state index contributed by atoms with van der Waals surface area (Å²) in [4.78, 5) is 38.6. The maximum absolute atomic E-state index is 13.0. The second-order valence-electron chi connectivity index (χ2n) is 7.71. The van der Waals surface area contributed by atoms with E-state index in [0.717, 1.165) is 5.56 Å². The van der Waals surface area contributed by atoms with Gasteiger partial charge in [-0.05, 0) is 30.2 Å². The number of amides is 1. The molecule has 6 nitrogen and oxygen atoms in total. The summed E-state index contributed by atoms with van der Waals surface area (Å²) in [6.07, 6.45) is 0. The normalized spacial score (nSPS) is 17.5. The molecule has 1 amide bonds. The SMILES string of the molecule is Cc1ccc(/C(O)=C2\C(=O)C(=O)N(Cc3ccc(C(=O)O)cc3)C2c2ccccc2)cc1. The van der Waals surface area contributed by atoms with Gasteiger partial charge < -0.3 is 15.1 Å². The lowest BCUT2D eigenvalue weighted by atomic mass is 9.95. The largest absolute Gasteiger partial charge is 0.507 e. The number of benzene rings is 3. The van der Waals surface area contributed by atoms with Gasteiger partial charge in [0.25, 0.3) is 11.7 Å². The zero-order valence-corrected chi connectivity index (χ0v) is 17.4. The molecule has 1 heterocycles. The lowest BCUT2D eigenvalue weighted by Gasteiger charge is -2.25. The van der Waals surface area contributed by atoms with E-state index in [1.807, 2.05) is 37.3 Å². The molecule has 4 rings (SSSR count). The molecule has 0 bridgehead atoms. The molecule has 3 aromatic rings. The maximum atomic E-state index is 13.0. The van der Waals surface area contributed by atoms with Gasteiger partial charge in [0.15, 0.2) is 0 Å². The second kappa shape index (κ2) is 8.51. The summed E-state index contributed by atoms with van der Waals surface area (Å²) in [5.74, 6) is -2.73. The molecule has 0 aliphatic carbocycles. The van der Waals surface area contributed by atoms with Crippen molar-refractivity contribution in [1.82, 2.24) is 4.90 Å². The Hall–Kier alpha value is -4.19. The first-order chi connectivity index (χ1) is 15.4. The molecule has 0 saturated carbocycles. The molecule has 1 aliphatic heterocycles. The molecule has 2 N–H and O–H groups in total. The standard InChI is InChI=1S/C26H21NO5/c1-16-7-11-19(12-8-16)23(28)21-22(18-5-3-2-4-6-18)27(25(30)24(21)29)15-17-9-13-20(14-10-17)26(31)32/h2-14,22,28H,15H2,1H3,(H,31,32)/b23-21+. The van der Waals surface area contributed by atoms with Crippen LogP contribution in [0, 0.1) is 6.92 Å². The van der Waals surface area contributed by atoms with Crippen LogP contribution in [0.2, 0.25) is 0 Å². The van der Waals surface area contributed by atoms with Gasteiger partial charge >= 0.3 is 5.97 Å². The topological polar surface area (TPSA) is 94.9 Å². The Morgan fingerprint density at radius 2 is 1.44 bits per heavy atom. The van der Waals surface area contributed by atoms with Gasteiger partial charge in [-0.15, -0.1) is 0 Å². The van der Waals surface area contributed by atoms with E-state index in [-0.39, 0.29) is 23.4 Å². The fourth-order valence-electron chi connectivity index (χ4n) is 3.84. The minimum Gasteiger partial charge on any atom is -0.507 e. The van der Waals surface area contributed by atoms with Crippen molar-refractivity contribution in [1.29, 1.82) is 0 Å². The third-order valence-corrected chi connectivity index (χ3v) is 5.53. The van der Waals surface area contributed by atoms with E-state index >= 15 is 0 Å². The lowest BCUT2D eigenvalue weighted by molar-refractivity contribution is -0.140. The number of nitrogens with zero attached hydrogens (tertiary/aromatic N) is 1. The minimum absolute atomic E-state index is 0.0345. The van der Waals surface area contributed by atoms with E-state index in [1.54, 1.807) is 36.4 Å². The molecule has 1 atom stereocenters. The van der Waals surface area contributed by atoms with E-state index in [9.17, 15) is 19.5 Å². The molecule has 0 aromatic heterocycles. The predicted octanol–water partition coefficient (Wildman–Crippen LogP) is 4.32. The number of aliphatic hydroxyl groups is 1. The number of aromatic carboxylic acids is 1. The number of rotatable bonds is 5. The number of aryl methyl sites for hydroxylation is 1. The molecule has 3 aromatic carbocycles. The first-order valence-electron chi connectivity index (χ1n) is 10.1. The van der Waals surface area contributed by atoms with Crippen molar-refractivity contribution in [3.8, 4) is 0 Å². The molecule has 160 valence electrons. The lowest BCUT2D eigenvalue weighted by Crippen LogP contribution is -2.29. The number of likely N-dealkylation sites (tertiary alicyclic amines) is 1. The Kier molecular flexibility index (Phi) is 5.60. The number of carboxylic acid groups (broad SMARTS) is 1. The van der Waals surface area contributed by atoms with Crippen molar-refractivity contribution in [3.63, 3.8) is 0 Å². The first kappa shape index (κ1) is 21.1. The molecule has 0 radical (unpaired) electrons. The van der Waals surface area contributed by atoms with Crippen LogP contribution < -0.4 is 0 Å². The van der Waals surface area contributed by atoms with Crippen LogP contribution >= 0.6 is 0 Å². The highest BCUT2D eigenvalue weighted by atomic mass is 16.4. The summed E-state index contributed by atoms with van der Waals surface area (Å²) in [7, 11) is 0. The average Bonchev–Trinajstić information content (AvgIpc) is 3.05. The zero-order chi connectivity index (χ0) is 22.8. The second-order valence-corrected chi connectivity index (χ2v) is 7.71. The van der Waals surface area contributed by atoms with Crippen molar-refractivity contribution >= 4 is 23.4 Å². The third kappa shape index (κ3) is 3.90. The van der Waals surface area contributed by atoms with Crippen molar-refractivity contribution in [2.24, 2.45) is 0 Å². The van der Waals surface area contributed by atoms with Crippen molar-refractivity contribution in [2.45, 2.75) is 19.5 Å². The van der Waals surface area contributed by atoms with Crippen LogP contribution in [0.15, 0.2) is 84.4 Å². The van der Waals surface area contributed by atoms with E-state index in [0.29, 0.717) is 16.7 Å². The number of hydrogen-bond donors (Lipinski definition) is 2. The van der Waals surface area contributed by atoms with Gasteiger partial charge in [0, 0.05) is 12.1 Å². The molecular weight excluding hydrogens is 406 g/mol. The summed E-state index contributed by atoms with van der Waals surface area (Å²) >= 11 is 0. The van der Waals surface area contributed by atoms with Crippen LogP contribution in [0.5, 0.6) is 0 Å². The molecule has 1 fully saturated rings. The number of aliphatic hydroxyl groups excluding tert-OH is 1. The van der Waals surface area contributed by atoms with Gasteiger partial charge in [0.05, 0.1) is 17.2 Å². The summed E-state index contributed by atoms with van der Waals surface area (Å²) < 4.78 is 0. The van der Waals surface area contributed by atoms with Crippen LogP contribution in [0.1, 0.15) is 38.7 Å². The van der Waals surface area contributed by atoms with E-state index in [4.69, 9.17) is 5.11 Å². The molecule has 1 unspecified atom stereocenters. The quantitative estimate of drug-likeness (QED) is 0.359. The van der Waals surface area contributed by atoms with Crippen LogP contribution in [0.4, 0.5) is 0 Å². The fraction of sp³-hybridized carbons (Fsp3) is 0.115. The number of hydrogen-bond acceptors (Lipinski definition) is 4. The molecular formula is C26H21NO5. The summed E-state index contributed by atoms with van der Waals surface area (Å²) in [5, 5.41) is 20.1. The first-order valence-corrected chi connectivity index (χ1v) is 10.1. The Balaban J connectivity index is 1.80. The highest BCUT2D eigenvalue weighted by Crippen LogP contribution is 2.40. The maximum Gasteiger partial charge on any atom is 0.335 e. The highest BCUT2D eigenvalue weighted by Gasteiger charge is 2.46. The molecule has 6 heteroatoms. The molecule has 32 heavy (non-hydrogen) atoms. The number of ketones is 1. The summed E-state index contributed by atoms with van der Waals surface area (Å²) in [6, 6.07) is 21.5. The minimum atomic E-state index is -1.04. The number of carbonyl (C=O) groups excluding carboxylic acids is 2. The third-order valence-electron chi connectivity index (χ3n) is 5.53. The monoisotopic (exact) mass is 427 g/mol. The Labute approximate surface area is 185 Å². The van der Waals surface area contributed by atoms with Crippen LogP contribution in [0.3, 0.4) is 0 Å². The number of carboxylic acids is 1. The van der Waals surface area contributed by atoms with E-state index < -0.39 is 23.7 Å². The molecule has 1 aliphatic rings. The number of Topliss-reactive ketones (excluding diaryl/α,β-unsaturated/α-hetero) is 1. The van der Waals surface area contributed by atoms with Crippen LogP contribution in [-0.2, 0) is 16.1 Å². The van der Waals surface area contributed by atoms with Crippen LogP contribution in [-0.4, -0.2) is 32.8 Å². The highest BCUT2D eigenvalue weighted by molar-refractivity contribution is 6.46. The smallest absolute Gasteiger partial charge is 0.335 e. The summed E-state index contributed by atoms with van der Waals surface area (Å²) in [6.45, 7) is 2.01. The fourth-order valence-corrected chi connectivity index (χ4v) is 3.84. The van der Waals surface area contributed by atoms with Gasteiger partial charge in [-0.2, -0.15) is 0 Å². The predicted molar refractivity (Wildman–Crippen MR) is 119 cm³/mol. The van der Waals surface area contributed by atoms with Gasteiger partial charge in [-0.1, -0.05) is 72.3 Å². The Morgan fingerprint density at radius 1 is 0.844 bits per heavy atom. The van der Waals surface area contributed by atoms with Gasteiger partial charge in [0.2, 0.25) is 0 Å². The van der Waals surface area contributed by atoms with Crippen molar-refractivity contribution < 1.29 is 24.6 Å². The van der Waals surface area contributed by atoms with Gasteiger partial charge in [0.1, 0.15) is 5.76 Å². The number of carbonyl (C=O) groups is 3. The van der Waals surface area contributed by atoms with Gasteiger partial charge in [-0.25, -0.2) is 4.79 Å². The van der Waals surface area contributed by atoms with Gasteiger partial charge in [-0.3, -0.25) is 9.59 Å². The zero-order valence-electron chi connectivity index (χ0n) is 17.4. The Bertz CT molecular complexity index is 1210. The Morgan fingerprint density at radius 3 is 2.03 bits per heavy atom. The average molecular weight is 427 g/mol. The summed E-state index contributed by atoms with van der Waals surface area (Å²) in [5.41, 5.74) is 3.00. The van der Waals surface area contributed by atoms with Crippen molar-refractivity contribution in [2.75, 3.05) is 0 Å². The molecule has 1 saturated heterocycles. The van der Waals surface area contributed by atoms with E-state index in [2.05, 4.69) is 0 Å².